The van der Waals surface area contributed by atoms with Crippen LogP contribution in [-0.2, 0) is 19.9 Å². The molecule has 1 heterocycles. The number of aryl methyl sites for hydroxylation is 2. The average molecular weight is 301 g/mol. The van der Waals surface area contributed by atoms with Gasteiger partial charge in [-0.2, -0.15) is 5.10 Å². The van der Waals surface area contributed by atoms with Gasteiger partial charge in [-0.1, -0.05) is 17.7 Å². The summed E-state index contributed by atoms with van der Waals surface area (Å²) in [7, 11) is 1.72. The van der Waals surface area contributed by atoms with E-state index < -0.39 is 17.7 Å². The van der Waals surface area contributed by atoms with Crippen molar-refractivity contribution in [1.82, 2.24) is 9.78 Å². The summed E-state index contributed by atoms with van der Waals surface area (Å²) in [5.41, 5.74) is 2.06. The molecule has 2 rings (SSSR count). The van der Waals surface area contributed by atoms with Crippen LogP contribution in [0, 0.1) is 18.6 Å². The molecule has 0 aliphatic carbocycles. The smallest absolute Gasteiger partial charge is 0.159 e. The van der Waals surface area contributed by atoms with Crippen molar-refractivity contribution < 1.29 is 13.9 Å². The van der Waals surface area contributed by atoms with E-state index in [-0.39, 0.29) is 6.42 Å². The van der Waals surface area contributed by atoms with E-state index in [1.165, 1.54) is 10.7 Å². The average Bonchev–Trinajstić information content (AvgIpc) is 2.61. The zero-order valence-electron chi connectivity index (χ0n) is 11.2. The number of aliphatic hydroxyl groups is 1. The van der Waals surface area contributed by atoms with Crippen LogP contribution in [0.1, 0.15) is 16.8 Å². The second-order valence-corrected chi connectivity index (χ2v) is 5.15. The molecule has 6 heteroatoms. The Hall–Kier alpha value is -1.46. The van der Waals surface area contributed by atoms with Gasteiger partial charge in [0.1, 0.15) is 5.15 Å². The molecular weight excluding hydrogens is 286 g/mol. The molecule has 2 aromatic rings. The zero-order valence-corrected chi connectivity index (χ0v) is 12.0. The van der Waals surface area contributed by atoms with Crippen molar-refractivity contribution in [3.05, 3.63) is 51.8 Å². The Bertz CT molecular complexity index is 628. The monoisotopic (exact) mass is 300 g/mol. The van der Waals surface area contributed by atoms with Crippen LogP contribution in [-0.4, -0.2) is 21.0 Å². The highest BCUT2D eigenvalue weighted by atomic mass is 35.5. The standard InChI is InChI=1S/C14H15ClF2N2O/c1-8-11(14(15)19(2)18-8)7-10(20)5-9-3-4-12(16)13(17)6-9/h3-4,6,10,20H,5,7H2,1-2H3. The number of benzene rings is 1. The number of hydrogen-bond acceptors (Lipinski definition) is 2. The van der Waals surface area contributed by atoms with Crippen LogP contribution in [0.3, 0.4) is 0 Å². The summed E-state index contributed by atoms with van der Waals surface area (Å²) in [4.78, 5) is 0. The first kappa shape index (κ1) is 14.9. The molecule has 3 nitrogen and oxygen atoms in total. The third-order valence-corrected chi connectivity index (χ3v) is 3.64. The summed E-state index contributed by atoms with van der Waals surface area (Å²) < 4.78 is 27.5. The highest BCUT2D eigenvalue weighted by Gasteiger charge is 2.16. The lowest BCUT2D eigenvalue weighted by Gasteiger charge is -2.11. The normalized spacial score (nSPS) is 12.7. The molecule has 0 spiro atoms. The first-order chi connectivity index (χ1) is 9.38. The fourth-order valence-electron chi connectivity index (χ4n) is 2.15. The molecule has 0 amide bonds. The number of hydrogen-bond donors (Lipinski definition) is 1. The van der Waals surface area contributed by atoms with Crippen LogP contribution >= 0.6 is 11.6 Å². The minimum Gasteiger partial charge on any atom is -0.392 e. The quantitative estimate of drug-likeness (QED) is 0.943. The molecule has 1 aromatic carbocycles. The largest absolute Gasteiger partial charge is 0.392 e. The van der Waals surface area contributed by atoms with Crippen LogP contribution in [0.4, 0.5) is 8.78 Å². The van der Waals surface area contributed by atoms with E-state index in [1.54, 1.807) is 7.05 Å². The summed E-state index contributed by atoms with van der Waals surface area (Å²) in [5, 5.41) is 14.7. The molecule has 0 bridgehead atoms. The molecule has 1 N–H and O–H groups in total. The van der Waals surface area contributed by atoms with Crippen LogP contribution in [0.15, 0.2) is 18.2 Å². The first-order valence-corrected chi connectivity index (χ1v) is 6.56. The minimum atomic E-state index is -0.912. The molecule has 108 valence electrons. The van der Waals surface area contributed by atoms with E-state index in [4.69, 9.17) is 11.6 Å². The van der Waals surface area contributed by atoms with Gasteiger partial charge in [0.2, 0.25) is 0 Å². The molecule has 0 saturated carbocycles. The number of rotatable bonds is 4. The Morgan fingerprint density at radius 3 is 2.55 bits per heavy atom. The maximum atomic E-state index is 13.1. The lowest BCUT2D eigenvalue weighted by Crippen LogP contribution is -2.14. The van der Waals surface area contributed by atoms with Gasteiger partial charge >= 0.3 is 0 Å². The molecule has 0 saturated heterocycles. The van der Waals surface area contributed by atoms with E-state index >= 15 is 0 Å². The SMILES string of the molecule is Cc1nn(C)c(Cl)c1CC(O)Cc1ccc(F)c(F)c1. The fraction of sp³-hybridized carbons (Fsp3) is 0.357. The van der Waals surface area contributed by atoms with Crippen LogP contribution in [0.25, 0.3) is 0 Å². The molecule has 0 radical (unpaired) electrons. The molecule has 0 aliphatic rings. The van der Waals surface area contributed by atoms with Gasteiger partial charge in [0.15, 0.2) is 11.6 Å². The zero-order chi connectivity index (χ0) is 14.9. The fourth-order valence-corrected chi connectivity index (χ4v) is 2.40. The molecule has 0 aliphatic heterocycles. The van der Waals surface area contributed by atoms with Crippen molar-refractivity contribution in [2.75, 3.05) is 0 Å². The highest BCUT2D eigenvalue weighted by molar-refractivity contribution is 6.30. The van der Waals surface area contributed by atoms with E-state index in [9.17, 15) is 13.9 Å². The predicted molar refractivity (Wildman–Crippen MR) is 72.7 cm³/mol. The van der Waals surface area contributed by atoms with Crippen LogP contribution < -0.4 is 0 Å². The third kappa shape index (κ3) is 3.16. The second-order valence-electron chi connectivity index (χ2n) is 4.79. The molecule has 1 atom stereocenters. The third-order valence-electron chi connectivity index (χ3n) is 3.16. The topological polar surface area (TPSA) is 38.0 Å². The molecule has 20 heavy (non-hydrogen) atoms. The van der Waals surface area contributed by atoms with Crippen molar-refractivity contribution in [2.24, 2.45) is 7.05 Å². The Balaban J connectivity index is 2.08. The van der Waals surface area contributed by atoms with Gasteiger partial charge in [-0.15, -0.1) is 0 Å². The Kier molecular flexibility index (Phi) is 4.40. The molecule has 0 fully saturated rings. The van der Waals surface area contributed by atoms with Gasteiger partial charge in [0, 0.05) is 19.0 Å². The lowest BCUT2D eigenvalue weighted by atomic mass is 10.0. The minimum absolute atomic E-state index is 0.224. The van der Waals surface area contributed by atoms with Crippen LogP contribution in [0.2, 0.25) is 5.15 Å². The summed E-state index contributed by atoms with van der Waals surface area (Å²) in [6, 6.07) is 3.61. The summed E-state index contributed by atoms with van der Waals surface area (Å²) in [5.74, 6) is -1.81. The summed E-state index contributed by atoms with van der Waals surface area (Å²) in [6.07, 6.45) is -0.195. The second kappa shape index (κ2) is 5.89. The van der Waals surface area contributed by atoms with E-state index in [0.29, 0.717) is 17.1 Å². The van der Waals surface area contributed by atoms with Crippen molar-refractivity contribution >= 4 is 11.6 Å². The van der Waals surface area contributed by atoms with E-state index in [0.717, 1.165) is 23.4 Å². The van der Waals surface area contributed by atoms with Gasteiger partial charge in [0.05, 0.1) is 11.8 Å². The Labute approximate surface area is 120 Å². The van der Waals surface area contributed by atoms with E-state index in [2.05, 4.69) is 5.10 Å². The molecule has 1 unspecified atom stereocenters. The maximum absolute atomic E-state index is 13.1. The Morgan fingerprint density at radius 1 is 1.30 bits per heavy atom. The first-order valence-electron chi connectivity index (χ1n) is 6.18. The van der Waals surface area contributed by atoms with Crippen molar-refractivity contribution in [3.63, 3.8) is 0 Å². The van der Waals surface area contributed by atoms with Gasteiger partial charge in [0.25, 0.3) is 0 Å². The number of aliphatic hydroxyl groups excluding tert-OH is 1. The van der Waals surface area contributed by atoms with Gasteiger partial charge in [-0.25, -0.2) is 8.78 Å². The predicted octanol–water partition coefficient (Wildman–Crippen LogP) is 2.81. The van der Waals surface area contributed by atoms with Crippen molar-refractivity contribution in [2.45, 2.75) is 25.9 Å². The lowest BCUT2D eigenvalue weighted by molar-refractivity contribution is 0.175. The maximum Gasteiger partial charge on any atom is 0.159 e. The van der Waals surface area contributed by atoms with Crippen molar-refractivity contribution in [3.8, 4) is 0 Å². The Morgan fingerprint density at radius 2 is 2.00 bits per heavy atom. The highest BCUT2D eigenvalue weighted by Crippen LogP contribution is 2.21. The van der Waals surface area contributed by atoms with Gasteiger partial charge in [-0.05, 0) is 31.0 Å². The number of aromatic nitrogens is 2. The van der Waals surface area contributed by atoms with Crippen molar-refractivity contribution in [1.29, 1.82) is 0 Å². The number of nitrogens with zero attached hydrogens (tertiary/aromatic N) is 2. The van der Waals surface area contributed by atoms with E-state index in [1.807, 2.05) is 6.92 Å². The van der Waals surface area contributed by atoms with Gasteiger partial charge in [-0.3, -0.25) is 4.68 Å². The molecular formula is C14H15ClF2N2O. The van der Waals surface area contributed by atoms with Crippen LogP contribution in [0.5, 0.6) is 0 Å². The summed E-state index contributed by atoms with van der Waals surface area (Å²) in [6.45, 7) is 1.81. The summed E-state index contributed by atoms with van der Waals surface area (Å²) >= 11 is 6.09. The number of halogens is 3. The molecule has 1 aromatic heterocycles. The van der Waals surface area contributed by atoms with Gasteiger partial charge < -0.3 is 5.11 Å².